The second kappa shape index (κ2) is 12.2. The summed E-state index contributed by atoms with van der Waals surface area (Å²) in [4.78, 5) is 46.1. The molecule has 3 heterocycles. The number of likely N-dealkylation sites (N-methyl/N-ethyl adjacent to an activating group) is 1. The van der Waals surface area contributed by atoms with Gasteiger partial charge in [-0.2, -0.15) is 13.2 Å². The second-order valence-corrected chi connectivity index (χ2v) is 11.2. The van der Waals surface area contributed by atoms with Crippen molar-refractivity contribution in [1.82, 2.24) is 9.80 Å². The van der Waals surface area contributed by atoms with Crippen molar-refractivity contribution in [2.45, 2.75) is 58.5 Å². The van der Waals surface area contributed by atoms with E-state index in [0.29, 0.717) is 43.1 Å². The molecule has 1 fully saturated rings. The molecule has 1 unspecified atom stereocenters. The van der Waals surface area contributed by atoms with Crippen LogP contribution in [-0.4, -0.2) is 91.5 Å². The van der Waals surface area contributed by atoms with E-state index in [9.17, 15) is 27.6 Å². The highest BCUT2D eigenvalue weighted by atomic mass is 19.4. The van der Waals surface area contributed by atoms with Crippen molar-refractivity contribution in [1.29, 1.82) is 0 Å². The molecule has 1 aromatic rings. The summed E-state index contributed by atoms with van der Waals surface area (Å²) >= 11 is 0. The maximum Gasteiger partial charge on any atom is 0.414 e. The molecule has 13 heteroatoms. The Hall–Kier alpha value is -3.74. The zero-order valence-corrected chi connectivity index (χ0v) is 24.2. The van der Waals surface area contributed by atoms with Crippen molar-refractivity contribution in [3.8, 4) is 0 Å². The van der Waals surface area contributed by atoms with Crippen molar-refractivity contribution < 1.29 is 36.7 Å². The third-order valence-electron chi connectivity index (χ3n) is 7.77. The number of alkyl halides is 3. The van der Waals surface area contributed by atoms with E-state index in [0.717, 1.165) is 0 Å². The number of aliphatic imine (C=N–C) groups is 1. The number of dihydropyridines is 1. The molecule has 3 amide bonds. The Morgan fingerprint density at radius 1 is 1.14 bits per heavy atom. The highest BCUT2D eigenvalue weighted by Gasteiger charge is 2.43. The van der Waals surface area contributed by atoms with Crippen molar-refractivity contribution in [2.24, 2.45) is 10.9 Å². The Labute approximate surface area is 241 Å². The SMILES string of the molecule is CC(C)OC(=O)N1CC=C(c2cc(NC(=O)C3C=NC(=O)C=C3C(F)(F)F)c(N3C[C@@H](C)N(C)[C@@H](C)C3)cc2F)CC1. The van der Waals surface area contributed by atoms with Gasteiger partial charge in [0, 0.05) is 56.1 Å². The maximum atomic E-state index is 15.7. The van der Waals surface area contributed by atoms with Crippen LogP contribution in [0.25, 0.3) is 5.57 Å². The van der Waals surface area contributed by atoms with Crippen LogP contribution in [0, 0.1) is 11.7 Å². The number of hydrogen-bond donors (Lipinski definition) is 1. The van der Waals surface area contributed by atoms with Crippen molar-refractivity contribution >= 4 is 41.1 Å². The first-order chi connectivity index (χ1) is 19.6. The van der Waals surface area contributed by atoms with Gasteiger partial charge < -0.3 is 19.9 Å². The summed E-state index contributed by atoms with van der Waals surface area (Å²) in [6, 6.07) is 2.86. The smallest absolute Gasteiger partial charge is 0.414 e. The first-order valence-corrected chi connectivity index (χ1v) is 13.8. The van der Waals surface area contributed by atoms with Gasteiger partial charge >= 0.3 is 12.3 Å². The van der Waals surface area contributed by atoms with E-state index in [-0.39, 0.29) is 42.5 Å². The summed E-state index contributed by atoms with van der Waals surface area (Å²) in [5.74, 6) is -4.58. The van der Waals surface area contributed by atoms with Crippen LogP contribution in [0.5, 0.6) is 0 Å². The Morgan fingerprint density at radius 3 is 2.38 bits per heavy atom. The van der Waals surface area contributed by atoms with Crippen LogP contribution in [0.2, 0.25) is 0 Å². The molecule has 3 aliphatic heterocycles. The lowest BCUT2D eigenvalue weighted by atomic mass is 9.95. The van der Waals surface area contributed by atoms with E-state index in [2.05, 4.69) is 15.2 Å². The number of nitrogens with one attached hydrogen (secondary N) is 1. The molecular weight excluding hydrogens is 558 g/mol. The standard InChI is InChI=1S/C29H35F4N5O4/c1-16(2)42-28(41)37-8-6-19(7-9-37)20-10-24(25(12-23(20)30)38-14-17(3)36(5)18(4)15-38)35-27(40)21-13-34-26(39)11-22(21)29(31,32)33/h6,10-13,16-18,21H,7-9,14-15H2,1-5H3,(H,35,40)/t17-,18+,21?. The Bertz CT molecular complexity index is 1330. The van der Waals surface area contributed by atoms with E-state index in [1.54, 1.807) is 19.9 Å². The van der Waals surface area contributed by atoms with Crippen molar-refractivity contribution in [2.75, 3.05) is 43.4 Å². The van der Waals surface area contributed by atoms with Gasteiger partial charge in [-0.1, -0.05) is 6.08 Å². The molecular formula is C29H35F4N5O4. The number of rotatable bonds is 5. The molecule has 228 valence electrons. The van der Waals surface area contributed by atoms with Gasteiger partial charge in [-0.25, -0.2) is 14.2 Å². The molecule has 4 rings (SSSR count). The Morgan fingerprint density at radius 2 is 1.81 bits per heavy atom. The fourth-order valence-corrected chi connectivity index (χ4v) is 5.29. The first kappa shape index (κ1) is 31.2. The minimum absolute atomic E-state index is 0.0777. The number of carbonyl (C=O) groups excluding carboxylic acids is 3. The lowest BCUT2D eigenvalue weighted by Gasteiger charge is -2.44. The fourth-order valence-electron chi connectivity index (χ4n) is 5.29. The predicted octanol–water partition coefficient (Wildman–Crippen LogP) is 4.64. The van der Waals surface area contributed by atoms with Gasteiger partial charge in [0.1, 0.15) is 11.7 Å². The normalized spacial score (nSPS) is 23.6. The second-order valence-electron chi connectivity index (χ2n) is 11.2. The molecule has 0 aromatic heterocycles. The van der Waals surface area contributed by atoms with E-state index in [4.69, 9.17) is 4.74 Å². The number of hydrogen-bond acceptors (Lipinski definition) is 6. The summed E-state index contributed by atoms with van der Waals surface area (Å²) in [7, 11) is 1.98. The average Bonchev–Trinajstić information content (AvgIpc) is 2.91. The molecule has 0 spiro atoms. The Kier molecular flexibility index (Phi) is 9.09. The third-order valence-corrected chi connectivity index (χ3v) is 7.77. The van der Waals surface area contributed by atoms with Gasteiger partial charge in [-0.3, -0.25) is 14.5 Å². The fraction of sp³-hybridized carbons (Fsp3) is 0.517. The summed E-state index contributed by atoms with van der Waals surface area (Å²) < 4.78 is 62.1. The topological polar surface area (TPSA) is 94.5 Å². The quantitative estimate of drug-likeness (QED) is 0.500. The van der Waals surface area contributed by atoms with E-state index < -0.39 is 41.4 Å². The molecule has 1 aromatic carbocycles. The molecule has 0 saturated carbocycles. The number of benzene rings is 1. The average molecular weight is 594 g/mol. The summed E-state index contributed by atoms with van der Waals surface area (Å²) in [5.41, 5.74) is -0.107. The number of nitrogens with zero attached hydrogens (tertiary/aromatic N) is 4. The van der Waals surface area contributed by atoms with Crippen LogP contribution >= 0.6 is 0 Å². The van der Waals surface area contributed by atoms with E-state index >= 15 is 4.39 Å². The van der Waals surface area contributed by atoms with Crippen LogP contribution in [0.1, 0.15) is 39.7 Å². The van der Waals surface area contributed by atoms with E-state index in [1.165, 1.54) is 17.0 Å². The molecule has 1 N–H and O–H groups in total. The summed E-state index contributed by atoms with van der Waals surface area (Å²) in [6.45, 7) is 8.93. The highest BCUT2D eigenvalue weighted by Crippen LogP contribution is 2.38. The van der Waals surface area contributed by atoms with Gasteiger partial charge in [0.2, 0.25) is 5.91 Å². The molecule has 0 radical (unpaired) electrons. The lowest BCUT2D eigenvalue weighted by molar-refractivity contribution is -0.124. The van der Waals surface area contributed by atoms with Gasteiger partial charge in [-0.05, 0) is 58.9 Å². The molecule has 3 aliphatic rings. The monoisotopic (exact) mass is 593 g/mol. The van der Waals surface area contributed by atoms with Crippen LogP contribution in [0.3, 0.4) is 0 Å². The molecule has 3 atom stereocenters. The minimum Gasteiger partial charge on any atom is -0.447 e. The summed E-state index contributed by atoms with van der Waals surface area (Å²) in [5, 5.41) is 2.57. The van der Waals surface area contributed by atoms with Crippen LogP contribution in [0.15, 0.2) is 34.9 Å². The van der Waals surface area contributed by atoms with Gasteiger partial charge in [0.15, 0.2) is 0 Å². The third kappa shape index (κ3) is 6.83. The van der Waals surface area contributed by atoms with Gasteiger partial charge in [-0.15, -0.1) is 0 Å². The molecule has 42 heavy (non-hydrogen) atoms. The predicted molar refractivity (Wildman–Crippen MR) is 151 cm³/mol. The number of piperazine rings is 1. The highest BCUT2D eigenvalue weighted by molar-refractivity contribution is 6.11. The van der Waals surface area contributed by atoms with Crippen molar-refractivity contribution in [3.63, 3.8) is 0 Å². The number of amides is 3. The van der Waals surface area contributed by atoms with Crippen LogP contribution in [-0.2, 0) is 14.3 Å². The zero-order valence-electron chi connectivity index (χ0n) is 24.2. The Balaban J connectivity index is 1.70. The lowest BCUT2D eigenvalue weighted by Crippen LogP contribution is -2.55. The van der Waals surface area contributed by atoms with E-state index in [1.807, 2.05) is 25.8 Å². The van der Waals surface area contributed by atoms with Gasteiger partial charge in [0.05, 0.1) is 23.1 Å². The molecule has 9 nitrogen and oxygen atoms in total. The summed E-state index contributed by atoms with van der Waals surface area (Å²) in [6.07, 6.45) is -2.72. The number of carbonyl (C=O) groups is 3. The maximum absolute atomic E-state index is 15.7. The zero-order chi connectivity index (χ0) is 30.9. The molecule has 1 saturated heterocycles. The number of anilines is 2. The number of ether oxygens (including phenoxy) is 1. The van der Waals surface area contributed by atoms with Gasteiger partial charge in [0.25, 0.3) is 5.91 Å². The first-order valence-electron chi connectivity index (χ1n) is 13.8. The van der Waals surface area contributed by atoms with Crippen LogP contribution in [0.4, 0.5) is 33.7 Å². The largest absolute Gasteiger partial charge is 0.447 e. The van der Waals surface area contributed by atoms with Crippen molar-refractivity contribution in [3.05, 3.63) is 41.2 Å². The van der Waals surface area contributed by atoms with Crippen LogP contribution < -0.4 is 10.2 Å². The number of halogens is 4. The molecule has 0 aliphatic carbocycles. The minimum atomic E-state index is -4.93. The molecule has 0 bridgehead atoms.